The molecule has 22 heavy (non-hydrogen) atoms. The van der Waals surface area contributed by atoms with E-state index in [9.17, 15) is 0 Å². The summed E-state index contributed by atoms with van der Waals surface area (Å²) in [5.41, 5.74) is 0.981. The van der Waals surface area contributed by atoms with Crippen molar-refractivity contribution in [2.75, 3.05) is 30.5 Å². The minimum absolute atomic E-state index is 0.559. The third-order valence-electron chi connectivity index (χ3n) is 4.46. The Bertz CT molecular complexity index is 553. The van der Waals surface area contributed by atoms with Gasteiger partial charge >= 0.3 is 0 Å². The van der Waals surface area contributed by atoms with E-state index in [2.05, 4.69) is 48.0 Å². The van der Waals surface area contributed by atoms with Gasteiger partial charge in [-0.2, -0.15) is 0 Å². The minimum atomic E-state index is 0.559. The SMILES string of the molecule is CC(C)CNc1nc2c(n1C)N(C)CN=C2NC1CCCC1. The van der Waals surface area contributed by atoms with Gasteiger partial charge in [0.15, 0.2) is 5.84 Å². The second-order valence-corrected chi connectivity index (χ2v) is 6.91. The lowest BCUT2D eigenvalue weighted by atomic mass is 10.2. The van der Waals surface area contributed by atoms with Crippen LogP contribution in [0.3, 0.4) is 0 Å². The van der Waals surface area contributed by atoms with Crippen molar-refractivity contribution in [2.24, 2.45) is 18.0 Å². The summed E-state index contributed by atoms with van der Waals surface area (Å²) < 4.78 is 2.14. The number of rotatable bonds is 4. The van der Waals surface area contributed by atoms with Crippen LogP contribution in [0.1, 0.15) is 45.2 Å². The van der Waals surface area contributed by atoms with Gasteiger partial charge in [-0.05, 0) is 18.8 Å². The van der Waals surface area contributed by atoms with Gasteiger partial charge in [0.25, 0.3) is 0 Å². The van der Waals surface area contributed by atoms with Crippen molar-refractivity contribution in [1.82, 2.24) is 14.9 Å². The summed E-state index contributed by atoms with van der Waals surface area (Å²) in [5, 5.41) is 7.07. The molecular weight excluding hydrogens is 276 g/mol. The lowest BCUT2D eigenvalue weighted by Crippen LogP contribution is -2.38. The van der Waals surface area contributed by atoms with Crippen LogP contribution in [0, 0.1) is 5.92 Å². The van der Waals surface area contributed by atoms with Crippen molar-refractivity contribution >= 4 is 17.6 Å². The molecule has 0 unspecified atom stereocenters. The first kappa shape index (κ1) is 15.2. The molecule has 0 atom stereocenters. The molecule has 3 rings (SSSR count). The molecule has 1 aliphatic carbocycles. The topological polar surface area (TPSA) is 57.5 Å². The second-order valence-electron chi connectivity index (χ2n) is 6.91. The third kappa shape index (κ3) is 2.91. The molecule has 2 N–H and O–H groups in total. The Morgan fingerprint density at radius 1 is 1.23 bits per heavy atom. The van der Waals surface area contributed by atoms with E-state index < -0.39 is 0 Å². The van der Waals surface area contributed by atoms with Gasteiger partial charge in [0, 0.05) is 26.7 Å². The van der Waals surface area contributed by atoms with Crippen LogP contribution in [0.5, 0.6) is 0 Å². The smallest absolute Gasteiger partial charge is 0.204 e. The maximum absolute atomic E-state index is 4.81. The maximum Gasteiger partial charge on any atom is 0.204 e. The van der Waals surface area contributed by atoms with Gasteiger partial charge in [-0.15, -0.1) is 0 Å². The van der Waals surface area contributed by atoms with E-state index in [1.807, 2.05) is 0 Å². The fraction of sp³-hybridized carbons (Fsp3) is 0.750. The third-order valence-corrected chi connectivity index (χ3v) is 4.46. The van der Waals surface area contributed by atoms with Gasteiger partial charge in [-0.25, -0.2) is 9.98 Å². The Morgan fingerprint density at radius 2 is 1.95 bits per heavy atom. The second kappa shape index (κ2) is 6.18. The number of fused-ring (bicyclic) bond motifs is 1. The molecule has 0 saturated heterocycles. The summed E-state index contributed by atoms with van der Waals surface area (Å²) in [7, 11) is 4.14. The fourth-order valence-electron chi connectivity index (χ4n) is 3.24. The highest BCUT2D eigenvalue weighted by atomic mass is 15.4. The zero-order chi connectivity index (χ0) is 15.7. The van der Waals surface area contributed by atoms with Crippen molar-refractivity contribution in [3.05, 3.63) is 5.69 Å². The van der Waals surface area contributed by atoms with E-state index in [-0.39, 0.29) is 0 Å². The number of aromatic nitrogens is 2. The first-order valence-electron chi connectivity index (χ1n) is 8.39. The zero-order valence-corrected chi connectivity index (χ0v) is 14.2. The zero-order valence-electron chi connectivity index (χ0n) is 14.2. The quantitative estimate of drug-likeness (QED) is 0.895. The Balaban J connectivity index is 1.83. The Morgan fingerprint density at radius 3 is 2.64 bits per heavy atom. The van der Waals surface area contributed by atoms with E-state index in [0.717, 1.165) is 29.8 Å². The summed E-state index contributed by atoms with van der Waals surface area (Å²) in [5.74, 6) is 3.62. The highest BCUT2D eigenvalue weighted by molar-refractivity contribution is 6.03. The Hall–Kier alpha value is -1.72. The van der Waals surface area contributed by atoms with Gasteiger partial charge in [0.05, 0.1) is 0 Å². The summed E-state index contributed by atoms with van der Waals surface area (Å²) >= 11 is 0. The van der Waals surface area contributed by atoms with Gasteiger partial charge in [-0.1, -0.05) is 26.7 Å². The molecule has 2 heterocycles. The molecule has 1 saturated carbocycles. The van der Waals surface area contributed by atoms with Crippen molar-refractivity contribution < 1.29 is 0 Å². The van der Waals surface area contributed by atoms with E-state index in [1.54, 1.807) is 0 Å². The van der Waals surface area contributed by atoms with Crippen LogP contribution in [-0.4, -0.2) is 41.7 Å². The molecule has 6 heteroatoms. The minimum Gasteiger partial charge on any atom is -0.366 e. The maximum atomic E-state index is 4.81. The molecule has 6 nitrogen and oxygen atoms in total. The van der Waals surface area contributed by atoms with Crippen LogP contribution in [-0.2, 0) is 7.05 Å². The molecule has 1 aliphatic heterocycles. The van der Waals surface area contributed by atoms with Crippen LogP contribution in [0.2, 0.25) is 0 Å². The van der Waals surface area contributed by atoms with Gasteiger partial charge in [-0.3, -0.25) is 4.57 Å². The molecule has 0 bridgehead atoms. The first-order valence-corrected chi connectivity index (χ1v) is 8.39. The predicted molar refractivity (Wildman–Crippen MR) is 91.7 cm³/mol. The standard InChI is InChI=1S/C16H28N6/c1-11(2)9-17-16-20-13-14(19-12-7-5-6-8-12)18-10-21(3)15(13)22(16)4/h11-12H,5-10H2,1-4H3,(H,17,20)(H,18,19). The summed E-state index contributed by atoms with van der Waals surface area (Å²) in [4.78, 5) is 11.7. The summed E-state index contributed by atoms with van der Waals surface area (Å²) in [6, 6.07) is 0.559. The molecule has 2 aliphatic rings. The molecule has 122 valence electrons. The molecule has 1 aromatic rings. The van der Waals surface area contributed by atoms with Crippen LogP contribution in [0.4, 0.5) is 11.8 Å². The van der Waals surface area contributed by atoms with E-state index in [1.165, 1.54) is 25.7 Å². The average molecular weight is 304 g/mol. The van der Waals surface area contributed by atoms with Gasteiger partial charge in [0.2, 0.25) is 5.95 Å². The van der Waals surface area contributed by atoms with Gasteiger partial charge < -0.3 is 15.5 Å². The van der Waals surface area contributed by atoms with Crippen molar-refractivity contribution in [2.45, 2.75) is 45.6 Å². The van der Waals surface area contributed by atoms with E-state index in [0.29, 0.717) is 18.6 Å². The lowest BCUT2D eigenvalue weighted by Gasteiger charge is -2.25. The van der Waals surface area contributed by atoms with Crippen LogP contribution in [0.15, 0.2) is 4.99 Å². The molecule has 0 spiro atoms. The molecule has 1 aromatic heterocycles. The number of nitrogens with one attached hydrogen (secondary N) is 2. The number of anilines is 2. The number of imidazole rings is 1. The van der Waals surface area contributed by atoms with Gasteiger partial charge in [0.1, 0.15) is 18.2 Å². The van der Waals surface area contributed by atoms with E-state index in [4.69, 9.17) is 9.98 Å². The highest BCUT2D eigenvalue weighted by Gasteiger charge is 2.27. The first-order chi connectivity index (χ1) is 10.6. The summed E-state index contributed by atoms with van der Waals surface area (Å²) in [6.07, 6.45) is 5.13. The van der Waals surface area contributed by atoms with Crippen molar-refractivity contribution in [1.29, 1.82) is 0 Å². The Labute approximate surface area is 133 Å². The van der Waals surface area contributed by atoms with Crippen LogP contribution in [0.25, 0.3) is 0 Å². The van der Waals surface area contributed by atoms with Crippen molar-refractivity contribution in [3.8, 4) is 0 Å². The van der Waals surface area contributed by atoms with E-state index >= 15 is 0 Å². The largest absolute Gasteiger partial charge is 0.366 e. The number of hydrogen-bond donors (Lipinski definition) is 2. The summed E-state index contributed by atoms with van der Waals surface area (Å²) in [6.45, 7) is 6.02. The molecule has 0 amide bonds. The number of hydrogen-bond acceptors (Lipinski definition) is 5. The fourth-order valence-corrected chi connectivity index (χ4v) is 3.24. The number of aliphatic imine (C=N–C) groups is 1. The van der Waals surface area contributed by atoms with Crippen LogP contribution < -0.4 is 15.5 Å². The van der Waals surface area contributed by atoms with Crippen molar-refractivity contribution in [3.63, 3.8) is 0 Å². The number of amidine groups is 1. The Kier molecular flexibility index (Phi) is 4.27. The lowest BCUT2D eigenvalue weighted by molar-refractivity contribution is 0.626. The normalized spacial score (nSPS) is 18.6. The number of nitrogens with zero attached hydrogens (tertiary/aromatic N) is 4. The average Bonchev–Trinajstić information content (AvgIpc) is 3.08. The molecular formula is C16H28N6. The monoisotopic (exact) mass is 304 g/mol. The predicted octanol–water partition coefficient (Wildman–Crippen LogP) is 2.17. The van der Waals surface area contributed by atoms with Crippen LogP contribution >= 0.6 is 0 Å². The molecule has 1 fully saturated rings. The molecule has 0 radical (unpaired) electrons. The molecule has 0 aromatic carbocycles. The highest BCUT2D eigenvalue weighted by Crippen LogP contribution is 2.27.